The fourth-order valence-corrected chi connectivity index (χ4v) is 4.88. The number of halogens is 4. The highest BCUT2D eigenvalue weighted by Crippen LogP contribution is 2.30. The van der Waals surface area contributed by atoms with Gasteiger partial charge in [0.1, 0.15) is 54.0 Å². The van der Waals surface area contributed by atoms with E-state index in [0.717, 1.165) is 0 Å². The Balaban J connectivity index is 1.29. The number of aromatic nitrogens is 3. The third-order valence-electron chi connectivity index (χ3n) is 6.79. The maximum atomic E-state index is 14.3. The van der Waals surface area contributed by atoms with Gasteiger partial charge in [-0.2, -0.15) is 5.10 Å². The first-order chi connectivity index (χ1) is 19.2. The lowest BCUT2D eigenvalue weighted by Gasteiger charge is -2.23. The van der Waals surface area contributed by atoms with E-state index in [1.54, 1.807) is 24.3 Å². The van der Waals surface area contributed by atoms with Crippen LogP contribution in [0.15, 0.2) is 73.3 Å². The zero-order valence-corrected chi connectivity index (χ0v) is 21.1. The monoisotopic (exact) mass is 552 g/mol. The van der Waals surface area contributed by atoms with Crippen LogP contribution in [0, 0.1) is 29.2 Å². The second kappa shape index (κ2) is 11.7. The topological polar surface area (TPSA) is 77.3 Å². The number of ketones is 1. The van der Waals surface area contributed by atoms with E-state index in [4.69, 9.17) is 4.74 Å². The number of nitrogens with zero attached hydrogens (tertiary/aromatic N) is 4. The number of hydrogen-bond acceptors (Lipinski definition) is 5. The number of carbonyl (C=O) groups excluding carboxylic acids is 2. The predicted molar refractivity (Wildman–Crippen MR) is 135 cm³/mol. The Bertz CT molecular complexity index is 1470. The van der Waals surface area contributed by atoms with Gasteiger partial charge in [0.2, 0.25) is 5.91 Å². The number of likely N-dealkylation sites (tertiary alicyclic amines) is 1. The molecule has 0 saturated carbocycles. The summed E-state index contributed by atoms with van der Waals surface area (Å²) in [6.45, 7) is -0.0458. The van der Waals surface area contributed by atoms with E-state index < -0.39 is 29.4 Å². The van der Waals surface area contributed by atoms with Crippen LogP contribution in [0.2, 0.25) is 0 Å². The molecule has 1 aliphatic heterocycles. The first-order valence-corrected chi connectivity index (χ1v) is 12.6. The van der Waals surface area contributed by atoms with Crippen molar-refractivity contribution in [1.82, 2.24) is 19.7 Å². The lowest BCUT2D eigenvalue weighted by molar-refractivity contribution is -0.138. The summed E-state index contributed by atoms with van der Waals surface area (Å²) in [6, 6.07) is 12.8. The number of ether oxygens (including phenoxy) is 1. The minimum Gasteiger partial charge on any atom is -0.457 e. The van der Waals surface area contributed by atoms with Crippen molar-refractivity contribution in [1.29, 1.82) is 0 Å². The van der Waals surface area contributed by atoms with E-state index in [9.17, 15) is 27.2 Å². The van der Waals surface area contributed by atoms with Crippen LogP contribution >= 0.6 is 0 Å². The Kier molecular flexibility index (Phi) is 7.90. The Morgan fingerprint density at radius 3 is 2.17 bits per heavy atom. The Hall–Kier alpha value is -4.54. The van der Waals surface area contributed by atoms with Gasteiger partial charge in [-0.3, -0.25) is 9.59 Å². The van der Waals surface area contributed by atoms with Crippen LogP contribution in [0.5, 0.6) is 11.5 Å². The normalized spacial score (nSPS) is 16.8. The summed E-state index contributed by atoms with van der Waals surface area (Å²) in [5.41, 5.74) is 0.402. The lowest BCUT2D eigenvalue weighted by atomic mass is 9.93. The summed E-state index contributed by atoms with van der Waals surface area (Å²) in [4.78, 5) is 31.8. The van der Waals surface area contributed by atoms with Crippen LogP contribution in [0.4, 0.5) is 17.6 Å². The molecule has 11 heteroatoms. The molecule has 5 rings (SSSR count). The predicted octanol–water partition coefficient (Wildman–Crippen LogP) is 4.90. The molecule has 1 saturated heterocycles. The third kappa shape index (κ3) is 6.36. The average Bonchev–Trinajstić information content (AvgIpc) is 3.59. The van der Waals surface area contributed by atoms with E-state index in [2.05, 4.69) is 10.1 Å². The maximum Gasteiger partial charge on any atom is 0.244 e. The molecule has 2 heterocycles. The van der Waals surface area contributed by atoms with Crippen LogP contribution in [0.3, 0.4) is 0 Å². The quantitative estimate of drug-likeness (QED) is 0.276. The van der Waals surface area contributed by atoms with Crippen molar-refractivity contribution >= 4 is 11.7 Å². The van der Waals surface area contributed by atoms with Gasteiger partial charge in [0.15, 0.2) is 5.78 Å². The third-order valence-corrected chi connectivity index (χ3v) is 6.79. The van der Waals surface area contributed by atoms with E-state index >= 15 is 0 Å². The van der Waals surface area contributed by atoms with Gasteiger partial charge in [0.25, 0.3) is 0 Å². The number of hydrogen-bond donors (Lipinski definition) is 0. The van der Waals surface area contributed by atoms with Crippen molar-refractivity contribution in [2.45, 2.75) is 31.8 Å². The molecule has 1 fully saturated rings. The standard InChI is InChI=1S/C29H24F4N4O3/c30-20-3-7-23(8-4-20)40-22-5-1-18(2-6-22)11-28(38)27-10-19(9-24-25(32)12-21(31)13-26(24)33)14-37(27)29(39)15-36-17-34-16-35-36/h1-8,12-13,16-17,19,27H,9-11,14-15H2/t19-,27+/m1/s1. The molecule has 0 spiro atoms. The highest BCUT2D eigenvalue weighted by molar-refractivity contribution is 5.91. The van der Waals surface area contributed by atoms with Gasteiger partial charge in [0, 0.05) is 30.7 Å². The van der Waals surface area contributed by atoms with Crippen molar-refractivity contribution in [3.8, 4) is 11.5 Å². The van der Waals surface area contributed by atoms with E-state index in [-0.39, 0.29) is 55.4 Å². The summed E-state index contributed by atoms with van der Waals surface area (Å²) >= 11 is 0. The molecule has 0 radical (unpaired) electrons. The van der Waals surface area contributed by atoms with Gasteiger partial charge < -0.3 is 9.64 Å². The molecule has 1 amide bonds. The maximum absolute atomic E-state index is 14.3. The Morgan fingerprint density at radius 1 is 0.900 bits per heavy atom. The van der Waals surface area contributed by atoms with E-state index in [0.29, 0.717) is 29.2 Å². The highest BCUT2D eigenvalue weighted by atomic mass is 19.1. The first-order valence-electron chi connectivity index (χ1n) is 12.6. The number of benzene rings is 3. The highest BCUT2D eigenvalue weighted by Gasteiger charge is 2.39. The molecule has 7 nitrogen and oxygen atoms in total. The van der Waals surface area contributed by atoms with Gasteiger partial charge in [-0.05, 0) is 60.7 Å². The van der Waals surface area contributed by atoms with Crippen molar-refractivity contribution < 1.29 is 31.9 Å². The number of Topliss-reactive ketones (excluding diaryl/α,β-unsaturated/α-hetero) is 1. The van der Waals surface area contributed by atoms with Crippen LogP contribution < -0.4 is 4.74 Å². The summed E-state index contributed by atoms with van der Waals surface area (Å²) in [5.74, 6) is -3.49. The number of amides is 1. The SMILES string of the molecule is O=C(Cc1ccc(Oc2ccc(F)cc2)cc1)[C@@H]1C[C@@H](Cc2c(F)cc(F)cc2F)CN1C(=O)Cn1cncn1. The van der Waals surface area contributed by atoms with Crippen LogP contribution in [-0.2, 0) is 29.0 Å². The minimum absolute atomic E-state index is 0.0145. The molecule has 1 aliphatic rings. The molecule has 40 heavy (non-hydrogen) atoms. The molecule has 0 aliphatic carbocycles. The zero-order valence-electron chi connectivity index (χ0n) is 21.1. The first kappa shape index (κ1) is 27.0. The molecule has 0 bridgehead atoms. The molecule has 1 aromatic heterocycles. The number of carbonyl (C=O) groups is 2. The molecular weight excluding hydrogens is 528 g/mol. The Morgan fingerprint density at radius 2 is 1.55 bits per heavy atom. The smallest absolute Gasteiger partial charge is 0.244 e. The van der Waals surface area contributed by atoms with Crippen LogP contribution in [0.25, 0.3) is 0 Å². The summed E-state index contributed by atoms with van der Waals surface area (Å²) in [5, 5.41) is 3.93. The Labute approximate surface area is 227 Å². The second-order valence-electron chi connectivity index (χ2n) is 9.65. The van der Waals surface area contributed by atoms with Crippen LogP contribution in [-0.4, -0.2) is 43.9 Å². The summed E-state index contributed by atoms with van der Waals surface area (Å²) < 4.78 is 62.2. The lowest BCUT2D eigenvalue weighted by Crippen LogP contribution is -2.42. The van der Waals surface area contributed by atoms with E-state index in [1.807, 2.05) is 0 Å². The molecule has 0 unspecified atom stereocenters. The largest absolute Gasteiger partial charge is 0.457 e. The zero-order chi connectivity index (χ0) is 28.2. The van der Waals surface area contributed by atoms with E-state index in [1.165, 1.54) is 46.5 Å². The van der Waals surface area contributed by atoms with Crippen molar-refractivity contribution in [3.63, 3.8) is 0 Å². The average molecular weight is 553 g/mol. The summed E-state index contributed by atoms with van der Waals surface area (Å²) in [7, 11) is 0. The molecule has 3 aromatic carbocycles. The molecule has 0 N–H and O–H groups in total. The van der Waals surface area contributed by atoms with Gasteiger partial charge in [-0.15, -0.1) is 0 Å². The fraction of sp³-hybridized carbons (Fsp3) is 0.241. The van der Waals surface area contributed by atoms with Gasteiger partial charge in [-0.25, -0.2) is 27.2 Å². The van der Waals surface area contributed by atoms with Gasteiger partial charge in [-0.1, -0.05) is 12.1 Å². The van der Waals surface area contributed by atoms with Crippen LogP contribution in [0.1, 0.15) is 17.5 Å². The molecule has 2 atom stereocenters. The summed E-state index contributed by atoms with van der Waals surface area (Å²) in [6.07, 6.45) is 2.78. The molecular formula is C29H24F4N4O3. The van der Waals surface area contributed by atoms with Crippen molar-refractivity contribution in [2.24, 2.45) is 5.92 Å². The molecule has 206 valence electrons. The minimum atomic E-state index is -1.02. The molecule has 4 aromatic rings. The van der Waals surface area contributed by atoms with Crippen molar-refractivity contribution in [3.05, 3.63) is 108 Å². The van der Waals surface area contributed by atoms with Crippen molar-refractivity contribution in [2.75, 3.05) is 6.54 Å². The van der Waals surface area contributed by atoms with Gasteiger partial charge >= 0.3 is 0 Å². The fourth-order valence-electron chi connectivity index (χ4n) is 4.88. The van der Waals surface area contributed by atoms with Gasteiger partial charge in [0.05, 0.1) is 6.04 Å². The number of rotatable bonds is 9. The second-order valence-corrected chi connectivity index (χ2v) is 9.65.